The molecule has 4 aromatic rings. The second-order valence-electron chi connectivity index (χ2n) is 6.21. The molecule has 4 heterocycles. The quantitative estimate of drug-likeness (QED) is 0.507. The third-order valence-corrected chi connectivity index (χ3v) is 6.12. The van der Waals surface area contributed by atoms with E-state index in [2.05, 4.69) is 15.3 Å². The summed E-state index contributed by atoms with van der Waals surface area (Å²) in [6.07, 6.45) is 4.05. The minimum atomic E-state index is -0.152. The van der Waals surface area contributed by atoms with Crippen LogP contribution in [0.4, 0.5) is 0 Å². The monoisotopic (exact) mass is 390 g/mol. The summed E-state index contributed by atoms with van der Waals surface area (Å²) >= 11 is 3.07. The Kier molecular flexibility index (Phi) is 4.03. The normalized spacial score (nSPS) is 16.7. The van der Waals surface area contributed by atoms with E-state index in [0.29, 0.717) is 11.3 Å². The molecule has 5 nitrogen and oxygen atoms in total. The maximum atomic E-state index is 13.1. The Morgan fingerprint density at radius 1 is 1.07 bits per heavy atom. The molecule has 1 aromatic carbocycles. The molecule has 1 unspecified atom stereocenters. The summed E-state index contributed by atoms with van der Waals surface area (Å²) < 4.78 is 0. The number of rotatable bonds is 3. The first-order valence-electron chi connectivity index (χ1n) is 8.47. The molecule has 7 heteroatoms. The van der Waals surface area contributed by atoms with Crippen LogP contribution in [0.2, 0.25) is 0 Å². The first-order chi connectivity index (χ1) is 13.3. The lowest BCUT2D eigenvalue weighted by molar-refractivity contribution is 0.0716. The largest absolute Gasteiger partial charge is 0.284 e. The van der Waals surface area contributed by atoms with Crippen molar-refractivity contribution < 1.29 is 4.79 Å². The van der Waals surface area contributed by atoms with Gasteiger partial charge >= 0.3 is 0 Å². The second kappa shape index (κ2) is 6.68. The van der Waals surface area contributed by atoms with E-state index in [4.69, 9.17) is 5.10 Å². The number of benzene rings is 1. The summed E-state index contributed by atoms with van der Waals surface area (Å²) in [5, 5.41) is 12.3. The first-order valence-corrected chi connectivity index (χ1v) is 10.3. The number of hydrogen-bond donors (Lipinski definition) is 0. The molecule has 132 valence electrons. The van der Waals surface area contributed by atoms with Crippen molar-refractivity contribution in [3.63, 3.8) is 0 Å². The smallest absolute Gasteiger partial charge is 0.266 e. The van der Waals surface area contributed by atoms with Crippen molar-refractivity contribution in [3.05, 3.63) is 80.9 Å². The van der Waals surface area contributed by atoms with Gasteiger partial charge < -0.3 is 0 Å². The molecule has 1 aliphatic rings. The van der Waals surface area contributed by atoms with Gasteiger partial charge in [0.2, 0.25) is 0 Å². The third kappa shape index (κ3) is 2.94. The number of carbonyl (C=O) groups is 1. The van der Waals surface area contributed by atoms with Gasteiger partial charge in [-0.25, -0.2) is 5.01 Å². The van der Waals surface area contributed by atoms with Gasteiger partial charge in [0.15, 0.2) is 0 Å². The molecule has 0 saturated heterocycles. The standard InChI is InChI=1S/C20H14N4OS2/c25-20(19-2-1-8-27-19)24-18(11-16(23-24)14-5-9-26-12-14)13-3-4-15-17(10-13)22-7-6-21-15/h1-10,12,18H,11H2. The van der Waals surface area contributed by atoms with Gasteiger partial charge in [0, 0.05) is 24.4 Å². The van der Waals surface area contributed by atoms with Crippen molar-refractivity contribution in [2.75, 3.05) is 0 Å². The summed E-state index contributed by atoms with van der Waals surface area (Å²) in [5.74, 6) is -0.0699. The predicted octanol–water partition coefficient (Wildman–Crippen LogP) is 4.74. The summed E-state index contributed by atoms with van der Waals surface area (Å²) in [7, 11) is 0. The van der Waals surface area contributed by atoms with Gasteiger partial charge in [0.05, 0.1) is 27.7 Å². The molecule has 0 aliphatic carbocycles. The van der Waals surface area contributed by atoms with Gasteiger partial charge in [-0.05, 0) is 46.0 Å². The minimum absolute atomic E-state index is 0.0699. The molecule has 0 bridgehead atoms. The molecule has 5 rings (SSSR count). The Bertz CT molecular complexity index is 1140. The number of amides is 1. The fourth-order valence-electron chi connectivity index (χ4n) is 3.26. The highest BCUT2D eigenvalue weighted by Crippen LogP contribution is 2.35. The zero-order chi connectivity index (χ0) is 18.2. The Hall–Kier alpha value is -2.90. The van der Waals surface area contributed by atoms with Gasteiger partial charge in [-0.1, -0.05) is 12.1 Å². The summed E-state index contributed by atoms with van der Waals surface area (Å²) in [4.78, 5) is 22.5. The van der Waals surface area contributed by atoms with E-state index >= 15 is 0 Å². The van der Waals surface area contributed by atoms with E-state index in [1.54, 1.807) is 28.7 Å². The number of nitrogens with zero attached hydrogens (tertiary/aromatic N) is 4. The molecule has 0 radical (unpaired) electrons. The van der Waals surface area contributed by atoms with Crippen molar-refractivity contribution in [2.45, 2.75) is 12.5 Å². The molecule has 0 spiro atoms. The molecule has 1 atom stereocenters. The van der Waals surface area contributed by atoms with E-state index in [1.807, 2.05) is 47.2 Å². The van der Waals surface area contributed by atoms with Crippen LogP contribution >= 0.6 is 22.7 Å². The molecular weight excluding hydrogens is 376 g/mol. The van der Waals surface area contributed by atoms with Crippen molar-refractivity contribution in [2.24, 2.45) is 5.10 Å². The summed E-state index contributed by atoms with van der Waals surface area (Å²) in [6.45, 7) is 0. The molecule has 27 heavy (non-hydrogen) atoms. The van der Waals surface area contributed by atoms with Crippen LogP contribution < -0.4 is 0 Å². The first kappa shape index (κ1) is 16.3. The molecule has 1 aliphatic heterocycles. The molecule has 3 aromatic heterocycles. The van der Waals surface area contributed by atoms with E-state index < -0.39 is 0 Å². The van der Waals surface area contributed by atoms with Crippen LogP contribution in [0, 0.1) is 0 Å². The lowest BCUT2D eigenvalue weighted by Gasteiger charge is -2.21. The van der Waals surface area contributed by atoms with Crippen molar-refractivity contribution in [1.29, 1.82) is 0 Å². The average molecular weight is 390 g/mol. The Morgan fingerprint density at radius 3 is 2.74 bits per heavy atom. The Labute approximate surface area is 163 Å². The maximum absolute atomic E-state index is 13.1. The average Bonchev–Trinajstić information content (AvgIpc) is 3.48. The van der Waals surface area contributed by atoms with Gasteiger partial charge in [-0.15, -0.1) is 11.3 Å². The number of hydrogen-bond acceptors (Lipinski definition) is 6. The van der Waals surface area contributed by atoms with Gasteiger partial charge in [-0.2, -0.15) is 16.4 Å². The van der Waals surface area contributed by atoms with Crippen LogP contribution in [0.3, 0.4) is 0 Å². The minimum Gasteiger partial charge on any atom is -0.266 e. The van der Waals surface area contributed by atoms with E-state index in [1.165, 1.54) is 11.3 Å². The number of aromatic nitrogens is 2. The van der Waals surface area contributed by atoms with E-state index in [0.717, 1.165) is 27.9 Å². The van der Waals surface area contributed by atoms with Gasteiger partial charge in [0.1, 0.15) is 0 Å². The fourth-order valence-corrected chi connectivity index (χ4v) is 4.58. The zero-order valence-corrected chi connectivity index (χ0v) is 15.8. The van der Waals surface area contributed by atoms with Crippen molar-refractivity contribution >= 4 is 45.3 Å². The molecule has 0 N–H and O–H groups in total. The van der Waals surface area contributed by atoms with Crippen LogP contribution in [0.5, 0.6) is 0 Å². The van der Waals surface area contributed by atoms with Crippen LogP contribution in [-0.4, -0.2) is 26.6 Å². The molecule has 1 amide bonds. The number of thiophene rings is 2. The van der Waals surface area contributed by atoms with Gasteiger partial charge in [-0.3, -0.25) is 14.8 Å². The Balaban J connectivity index is 1.57. The summed E-state index contributed by atoms with van der Waals surface area (Å²) in [6, 6.07) is 11.6. The predicted molar refractivity (Wildman–Crippen MR) is 108 cm³/mol. The SMILES string of the molecule is O=C(c1cccs1)N1N=C(c2ccsc2)CC1c1ccc2nccnc2c1. The highest BCUT2D eigenvalue weighted by Gasteiger charge is 2.34. The molecule has 0 saturated carbocycles. The number of hydrazone groups is 1. The summed E-state index contributed by atoms with van der Waals surface area (Å²) in [5.41, 5.74) is 4.69. The highest BCUT2D eigenvalue weighted by molar-refractivity contribution is 7.12. The van der Waals surface area contributed by atoms with E-state index in [9.17, 15) is 4.79 Å². The van der Waals surface area contributed by atoms with E-state index in [-0.39, 0.29) is 11.9 Å². The topological polar surface area (TPSA) is 58.5 Å². The van der Waals surface area contributed by atoms with Gasteiger partial charge in [0.25, 0.3) is 5.91 Å². The fraction of sp³-hybridized carbons (Fsp3) is 0.100. The van der Waals surface area contributed by atoms with Crippen LogP contribution in [0.15, 0.2) is 70.0 Å². The van der Waals surface area contributed by atoms with Crippen molar-refractivity contribution in [3.8, 4) is 0 Å². The third-order valence-electron chi connectivity index (χ3n) is 4.58. The van der Waals surface area contributed by atoms with Crippen LogP contribution in [-0.2, 0) is 0 Å². The molecule has 0 fully saturated rings. The van der Waals surface area contributed by atoms with Crippen LogP contribution in [0.1, 0.15) is 33.3 Å². The zero-order valence-electron chi connectivity index (χ0n) is 14.1. The number of fused-ring (bicyclic) bond motifs is 1. The van der Waals surface area contributed by atoms with Crippen LogP contribution in [0.25, 0.3) is 11.0 Å². The Morgan fingerprint density at radius 2 is 1.96 bits per heavy atom. The van der Waals surface area contributed by atoms with Crippen molar-refractivity contribution in [1.82, 2.24) is 15.0 Å². The lowest BCUT2D eigenvalue weighted by Crippen LogP contribution is -2.26. The number of carbonyl (C=O) groups excluding carboxylic acids is 1. The highest BCUT2D eigenvalue weighted by atomic mass is 32.1. The maximum Gasteiger partial charge on any atom is 0.284 e. The second-order valence-corrected chi connectivity index (χ2v) is 7.94. The molecular formula is C20H14N4OS2. The lowest BCUT2D eigenvalue weighted by atomic mass is 9.99.